The number of carboxylic acid groups (broad SMARTS) is 1. The smallest absolute Gasteiger partial charge is 0.335 e. The molecule has 1 aliphatic rings. The number of hydrogen-bond donors (Lipinski definition) is 4. The van der Waals surface area contributed by atoms with Gasteiger partial charge in [0.2, 0.25) is 0 Å². The van der Waals surface area contributed by atoms with E-state index in [0.717, 1.165) is 32.1 Å². The van der Waals surface area contributed by atoms with Crippen molar-refractivity contribution in [1.82, 2.24) is 0 Å². The number of carbonyl (C=O) groups excluding carboxylic acids is 1. The molecule has 4 N–H and O–H groups in total. The van der Waals surface area contributed by atoms with E-state index in [1.807, 2.05) is 20.8 Å². The number of hydrogen-bond acceptors (Lipinski definition) is 8. The highest BCUT2D eigenvalue weighted by Gasteiger charge is 2.47. The predicted molar refractivity (Wildman–Crippen MR) is 149 cm³/mol. The van der Waals surface area contributed by atoms with Gasteiger partial charge in [-0.2, -0.15) is 0 Å². The fraction of sp³-hybridized carbons (Fsp3) is 0.933. The van der Waals surface area contributed by atoms with Crippen molar-refractivity contribution < 1.29 is 44.2 Å². The zero-order chi connectivity index (χ0) is 29.1. The van der Waals surface area contributed by atoms with E-state index in [1.54, 1.807) is 0 Å². The summed E-state index contributed by atoms with van der Waals surface area (Å²) in [7, 11) is 0. The minimum absolute atomic E-state index is 0.0816. The number of rotatable bonds is 22. The molecule has 0 bridgehead atoms. The Kier molecular flexibility index (Phi) is 18.9. The number of aliphatic hydroxyl groups excluding tert-OH is 3. The molecular weight excluding hydrogens is 504 g/mol. The first-order valence-corrected chi connectivity index (χ1v) is 15.3. The molecule has 9 nitrogen and oxygen atoms in total. The van der Waals surface area contributed by atoms with E-state index < -0.39 is 36.7 Å². The average Bonchev–Trinajstić information content (AvgIpc) is 2.86. The van der Waals surface area contributed by atoms with Gasteiger partial charge in [0.1, 0.15) is 23.9 Å². The maximum Gasteiger partial charge on any atom is 0.335 e. The monoisotopic (exact) mass is 560 g/mol. The van der Waals surface area contributed by atoms with Crippen LogP contribution in [0.5, 0.6) is 0 Å². The first kappa shape index (κ1) is 35.8. The van der Waals surface area contributed by atoms with Crippen molar-refractivity contribution in [2.75, 3.05) is 6.61 Å². The molecule has 2 unspecified atom stereocenters. The highest BCUT2D eigenvalue weighted by Crippen LogP contribution is 2.23. The van der Waals surface area contributed by atoms with Crippen molar-refractivity contribution in [3.63, 3.8) is 0 Å². The molecule has 230 valence electrons. The maximum atomic E-state index is 11.7. The lowest BCUT2D eigenvalue weighted by Gasteiger charge is -2.38. The SMILES string of the molecule is CC(C)(C)OC(=O)CCCCCCCCCCCCCCCCCCCO[C@@H]1O[C@H](C(=O)O)C(O)C(O)[C@H]1O. The summed E-state index contributed by atoms with van der Waals surface area (Å²) in [6, 6.07) is 0. The van der Waals surface area contributed by atoms with Gasteiger partial charge in [0.15, 0.2) is 12.4 Å². The minimum Gasteiger partial charge on any atom is -0.479 e. The molecule has 5 atom stereocenters. The van der Waals surface area contributed by atoms with Crippen molar-refractivity contribution in [3.05, 3.63) is 0 Å². The number of carbonyl (C=O) groups is 2. The second kappa shape index (κ2) is 20.6. The van der Waals surface area contributed by atoms with Gasteiger partial charge in [0.25, 0.3) is 0 Å². The number of aliphatic carboxylic acids is 1. The summed E-state index contributed by atoms with van der Waals surface area (Å²) >= 11 is 0. The van der Waals surface area contributed by atoms with Crippen LogP contribution in [0.25, 0.3) is 0 Å². The van der Waals surface area contributed by atoms with Gasteiger partial charge < -0.3 is 34.6 Å². The molecule has 0 radical (unpaired) electrons. The number of carboxylic acids is 1. The normalized spacial score (nSPS) is 23.6. The Labute approximate surface area is 235 Å². The molecule has 0 saturated carbocycles. The lowest BCUT2D eigenvalue weighted by Crippen LogP contribution is -2.60. The lowest BCUT2D eigenvalue weighted by molar-refractivity contribution is -0.294. The average molecular weight is 561 g/mol. The molecule has 0 amide bonds. The third-order valence-electron chi connectivity index (χ3n) is 7.04. The van der Waals surface area contributed by atoms with Gasteiger partial charge in [-0.25, -0.2) is 4.79 Å². The molecule has 1 saturated heterocycles. The molecule has 0 aliphatic carbocycles. The Morgan fingerprint density at radius 2 is 1.05 bits per heavy atom. The number of unbranched alkanes of at least 4 members (excludes halogenated alkanes) is 16. The number of aliphatic hydroxyl groups is 3. The summed E-state index contributed by atoms with van der Waals surface area (Å²) in [6.45, 7) is 6.01. The molecule has 0 aromatic heterocycles. The zero-order valence-electron chi connectivity index (χ0n) is 24.7. The Morgan fingerprint density at radius 1 is 0.641 bits per heavy atom. The van der Waals surface area contributed by atoms with Gasteiger partial charge in [-0.1, -0.05) is 96.3 Å². The van der Waals surface area contributed by atoms with Crippen molar-refractivity contribution in [3.8, 4) is 0 Å². The summed E-state index contributed by atoms with van der Waals surface area (Å²) in [5.41, 5.74) is -0.383. The Bertz CT molecular complexity index is 649. The molecular formula is C30H56O9. The van der Waals surface area contributed by atoms with Gasteiger partial charge >= 0.3 is 11.9 Å². The first-order chi connectivity index (χ1) is 18.5. The van der Waals surface area contributed by atoms with Crippen LogP contribution in [-0.4, -0.2) is 75.3 Å². The molecule has 39 heavy (non-hydrogen) atoms. The molecule has 1 aliphatic heterocycles. The molecule has 9 heteroatoms. The van der Waals surface area contributed by atoms with Gasteiger partial charge in [-0.05, 0) is 33.6 Å². The standard InChI is InChI=1S/C30H56O9/c1-30(2,3)39-23(31)21-19-17-15-13-11-9-7-5-4-6-8-10-12-14-16-18-20-22-37-29-26(34)24(32)25(33)27(38-29)28(35)36/h24-27,29,32-34H,4-22H2,1-3H3,(H,35,36)/t24?,25?,26-,27+,29-/m1/s1. The second-order valence-electron chi connectivity index (χ2n) is 12.0. The topological polar surface area (TPSA) is 143 Å². The zero-order valence-corrected chi connectivity index (χ0v) is 24.7. The number of esters is 1. The van der Waals surface area contributed by atoms with Crippen molar-refractivity contribution >= 4 is 11.9 Å². The van der Waals surface area contributed by atoms with Crippen LogP contribution in [0.4, 0.5) is 0 Å². The van der Waals surface area contributed by atoms with Crippen LogP contribution < -0.4 is 0 Å². The van der Waals surface area contributed by atoms with Gasteiger partial charge in [0.05, 0.1) is 0 Å². The summed E-state index contributed by atoms with van der Waals surface area (Å²) in [5.74, 6) is -1.49. The Balaban J connectivity index is 1.83. The van der Waals surface area contributed by atoms with E-state index in [0.29, 0.717) is 13.0 Å². The minimum atomic E-state index is -1.69. The molecule has 1 rings (SSSR count). The van der Waals surface area contributed by atoms with E-state index in [2.05, 4.69) is 0 Å². The fourth-order valence-electron chi connectivity index (χ4n) is 4.80. The first-order valence-electron chi connectivity index (χ1n) is 15.3. The molecule has 0 aromatic rings. The molecule has 1 fully saturated rings. The summed E-state index contributed by atoms with van der Waals surface area (Å²) < 4.78 is 15.9. The second-order valence-corrected chi connectivity index (χ2v) is 12.0. The van der Waals surface area contributed by atoms with Crippen molar-refractivity contribution in [2.45, 2.75) is 173 Å². The quantitative estimate of drug-likeness (QED) is 0.103. The summed E-state index contributed by atoms with van der Waals surface area (Å²) in [4.78, 5) is 22.8. The lowest BCUT2D eigenvalue weighted by atomic mass is 9.99. The third kappa shape index (κ3) is 17.2. The summed E-state index contributed by atoms with van der Waals surface area (Å²) in [6.07, 6.45) is 13.0. The van der Waals surface area contributed by atoms with Gasteiger partial charge in [-0.3, -0.25) is 4.79 Å². The van der Waals surface area contributed by atoms with Crippen LogP contribution in [0.3, 0.4) is 0 Å². The maximum absolute atomic E-state index is 11.7. The summed E-state index contributed by atoms with van der Waals surface area (Å²) in [5, 5.41) is 38.5. The predicted octanol–water partition coefficient (Wildman–Crippen LogP) is 5.26. The van der Waals surface area contributed by atoms with Crippen LogP contribution in [0.2, 0.25) is 0 Å². The Hall–Kier alpha value is -1.26. The highest BCUT2D eigenvalue weighted by molar-refractivity contribution is 5.73. The van der Waals surface area contributed by atoms with Crippen molar-refractivity contribution in [1.29, 1.82) is 0 Å². The van der Waals surface area contributed by atoms with Crippen LogP contribution in [0.1, 0.15) is 136 Å². The van der Waals surface area contributed by atoms with Crippen LogP contribution >= 0.6 is 0 Å². The van der Waals surface area contributed by atoms with Crippen LogP contribution in [0, 0.1) is 0 Å². The van der Waals surface area contributed by atoms with Gasteiger partial charge in [-0.15, -0.1) is 0 Å². The highest BCUT2D eigenvalue weighted by atomic mass is 16.7. The van der Waals surface area contributed by atoms with E-state index >= 15 is 0 Å². The fourth-order valence-corrected chi connectivity index (χ4v) is 4.80. The third-order valence-corrected chi connectivity index (χ3v) is 7.04. The molecule has 0 aromatic carbocycles. The van der Waals surface area contributed by atoms with E-state index in [9.17, 15) is 24.9 Å². The van der Waals surface area contributed by atoms with Crippen LogP contribution in [0.15, 0.2) is 0 Å². The van der Waals surface area contributed by atoms with E-state index in [1.165, 1.54) is 77.0 Å². The van der Waals surface area contributed by atoms with Gasteiger partial charge in [0, 0.05) is 13.0 Å². The van der Waals surface area contributed by atoms with E-state index in [-0.39, 0.29) is 11.6 Å². The number of ether oxygens (including phenoxy) is 3. The van der Waals surface area contributed by atoms with E-state index in [4.69, 9.17) is 19.3 Å². The Morgan fingerprint density at radius 3 is 1.46 bits per heavy atom. The van der Waals surface area contributed by atoms with Crippen LogP contribution in [-0.2, 0) is 23.8 Å². The molecule has 0 spiro atoms. The largest absolute Gasteiger partial charge is 0.479 e. The molecule has 1 heterocycles. The van der Waals surface area contributed by atoms with Crippen molar-refractivity contribution in [2.24, 2.45) is 0 Å².